The zero-order valence-electron chi connectivity index (χ0n) is 59.3. The van der Waals surface area contributed by atoms with E-state index in [2.05, 4.69) is 111 Å². The molecule has 10 aliphatic heterocycles. The maximum Gasteiger partial charge on any atom is 0.226 e. The predicted octanol–water partition coefficient (Wildman–Crippen LogP) is 11.9. The van der Waals surface area contributed by atoms with Gasteiger partial charge in [-0.25, -0.2) is 22.1 Å². The van der Waals surface area contributed by atoms with Crippen molar-refractivity contribution in [2.45, 2.75) is 251 Å². The number of hydrogen-bond acceptors (Lipinski definition) is 10. The van der Waals surface area contributed by atoms with Gasteiger partial charge in [-0.05, 0) is 233 Å². The van der Waals surface area contributed by atoms with Gasteiger partial charge in [0.1, 0.15) is 17.3 Å². The quantitative estimate of drug-likeness (QED) is 0.109. The lowest BCUT2D eigenvalue weighted by molar-refractivity contribution is -0.156. The summed E-state index contributed by atoms with van der Waals surface area (Å²) in [6.07, 6.45) is 24.1. The summed E-state index contributed by atoms with van der Waals surface area (Å²) in [4.78, 5) is 57.5. The van der Waals surface area contributed by atoms with Gasteiger partial charge in [0.25, 0.3) is 0 Å². The molecule has 0 radical (unpaired) electrons. The zero-order chi connectivity index (χ0) is 68.4. The molecular weight excluding hydrogens is 1240 g/mol. The fourth-order valence-electron chi connectivity index (χ4n) is 17.3. The van der Waals surface area contributed by atoms with E-state index in [-0.39, 0.29) is 90.0 Å². The summed E-state index contributed by atoms with van der Waals surface area (Å²) in [5, 5.41) is 0. The third-order valence-electron chi connectivity index (χ3n) is 23.9. The Morgan fingerprint density at radius 1 is 0.457 bits per heavy atom. The number of likely N-dealkylation sites (N-methyl/N-ethyl adjacent to an activating group) is 4. The molecule has 0 unspecified atom stereocenters. The van der Waals surface area contributed by atoms with Crippen LogP contribution in [0, 0.1) is 29.6 Å². The molecule has 4 N–H and O–H groups in total. The summed E-state index contributed by atoms with van der Waals surface area (Å²) in [6, 6.07) is 31.5. The first kappa shape index (κ1) is 73.9. The van der Waals surface area contributed by atoms with Crippen molar-refractivity contribution in [1.29, 1.82) is 0 Å². The molecule has 15 fully saturated rings. The van der Waals surface area contributed by atoms with Crippen molar-refractivity contribution >= 4 is 63.2 Å². The molecule has 15 aliphatic rings. The maximum absolute atomic E-state index is 12.9. The molecule has 10 bridgehead atoms. The van der Waals surface area contributed by atoms with Gasteiger partial charge in [0.2, 0.25) is 17.7 Å². The minimum Gasteiger partial charge on any atom is -0.338 e. The number of aldehydes is 1. The molecule has 10 saturated heterocycles. The fraction of sp³-hybridized carbons (Fsp3) is 0.693. The largest absolute Gasteiger partial charge is 0.338 e. The second kappa shape index (κ2) is 29.6. The topological polar surface area (TPSA) is 198 Å². The number of amides is 3. The number of nitrogens with zero attached hydrogens (tertiary/aromatic N) is 6. The summed E-state index contributed by atoms with van der Waals surface area (Å²) < 4.78 is 47.9. The lowest BCUT2D eigenvalue weighted by Crippen LogP contribution is -2.65. The fourth-order valence-corrected chi connectivity index (χ4v) is 19.7. The molecule has 5 saturated carbocycles. The Labute approximate surface area is 572 Å². The number of fused-ring (bicyclic) bond motifs is 15. The van der Waals surface area contributed by atoms with E-state index in [4.69, 9.17) is 5.73 Å². The van der Waals surface area contributed by atoms with Gasteiger partial charge in [-0.15, -0.1) is 0 Å². The van der Waals surface area contributed by atoms with Crippen molar-refractivity contribution in [2.24, 2.45) is 39.7 Å². The van der Waals surface area contributed by atoms with Crippen molar-refractivity contribution in [3.05, 3.63) is 108 Å². The molecule has 3 aromatic carbocycles. The van der Waals surface area contributed by atoms with Gasteiger partial charge >= 0.3 is 0 Å². The molecule has 6 atom stereocenters. The second-order valence-electron chi connectivity index (χ2n) is 32.5. The normalized spacial score (nSPS) is 33.2. The number of nitrogens with two attached hydrogens (primary N) is 1. The first-order valence-corrected chi connectivity index (χ1v) is 38.6. The molecule has 16 nitrogen and oxygen atoms in total. The first-order valence-electron chi connectivity index (χ1n) is 35.2. The van der Waals surface area contributed by atoms with Crippen LogP contribution in [0.25, 0.3) is 0 Å². The minimum atomic E-state index is -1.24. The van der Waals surface area contributed by atoms with Crippen LogP contribution in [0.2, 0.25) is 0 Å². The van der Waals surface area contributed by atoms with Crippen LogP contribution in [0.1, 0.15) is 226 Å². The highest BCUT2D eigenvalue weighted by molar-refractivity contribution is 7.85. The van der Waals surface area contributed by atoms with Gasteiger partial charge in [-0.1, -0.05) is 91.0 Å². The molecule has 94 heavy (non-hydrogen) atoms. The van der Waals surface area contributed by atoms with Crippen molar-refractivity contribution in [1.82, 2.24) is 33.9 Å². The van der Waals surface area contributed by atoms with Crippen LogP contribution in [0.3, 0.4) is 0 Å². The Hall–Kier alpha value is -4.34. The van der Waals surface area contributed by atoms with Gasteiger partial charge in [-0.3, -0.25) is 24.2 Å². The minimum absolute atomic E-state index is 0.0943. The van der Waals surface area contributed by atoms with E-state index in [0.717, 1.165) is 101 Å². The zero-order valence-corrected chi connectivity index (χ0v) is 61.8. The Balaban J connectivity index is 0.000000141. The highest BCUT2D eigenvalue weighted by Gasteiger charge is 2.56. The van der Waals surface area contributed by atoms with Gasteiger partial charge in [0, 0.05) is 75.3 Å². The lowest BCUT2D eigenvalue weighted by atomic mass is 9.65. The molecule has 18 rings (SSSR count). The second-order valence-corrected chi connectivity index (χ2v) is 38.4. The Morgan fingerprint density at radius 2 is 0.787 bits per heavy atom. The van der Waals surface area contributed by atoms with E-state index < -0.39 is 38.5 Å². The smallest absolute Gasteiger partial charge is 0.226 e. The highest BCUT2D eigenvalue weighted by Crippen LogP contribution is 2.52. The van der Waals surface area contributed by atoms with E-state index in [1.807, 2.05) is 104 Å². The van der Waals surface area contributed by atoms with Gasteiger partial charge in [0.05, 0.1) is 64.9 Å². The van der Waals surface area contributed by atoms with Crippen LogP contribution in [0.4, 0.5) is 0 Å². The molecule has 19 heteroatoms. The average Bonchev–Trinajstić information content (AvgIpc) is 0.759. The molecule has 3 aromatic rings. The Bertz CT molecular complexity index is 3160. The average molecular weight is 1350 g/mol. The first-order chi connectivity index (χ1) is 44.3. The van der Waals surface area contributed by atoms with Crippen LogP contribution >= 0.6 is 0 Å². The van der Waals surface area contributed by atoms with Gasteiger partial charge < -0.3 is 25.2 Å². The van der Waals surface area contributed by atoms with Crippen molar-refractivity contribution in [2.75, 3.05) is 48.3 Å². The van der Waals surface area contributed by atoms with Crippen molar-refractivity contribution < 1.29 is 31.8 Å². The van der Waals surface area contributed by atoms with E-state index in [1.54, 1.807) is 18.2 Å². The summed E-state index contributed by atoms with van der Waals surface area (Å²) in [7, 11) is 6.52. The number of carbonyl (C=O) groups excluding carboxylic acids is 4. The van der Waals surface area contributed by atoms with Crippen molar-refractivity contribution in [3.8, 4) is 0 Å². The molecule has 520 valence electrons. The Morgan fingerprint density at radius 3 is 1.15 bits per heavy atom. The molecule has 5 aliphatic carbocycles. The summed E-state index contributed by atoms with van der Waals surface area (Å²) >= 11 is 0. The number of benzene rings is 3. The van der Waals surface area contributed by atoms with E-state index in [1.165, 1.54) is 75.6 Å². The van der Waals surface area contributed by atoms with E-state index >= 15 is 0 Å². The lowest BCUT2D eigenvalue weighted by Gasteiger charge is -2.57. The number of rotatable bonds is 13. The van der Waals surface area contributed by atoms with Gasteiger partial charge in [-0.2, -0.15) is 4.40 Å². The van der Waals surface area contributed by atoms with Crippen LogP contribution in [-0.4, -0.2) is 158 Å². The van der Waals surface area contributed by atoms with Crippen LogP contribution in [0.15, 0.2) is 95.4 Å². The van der Waals surface area contributed by atoms with Gasteiger partial charge in [0.15, 0.2) is 0 Å². The van der Waals surface area contributed by atoms with E-state index in [0.29, 0.717) is 0 Å². The SMILES string of the molecule is CN1C(=O)C2CCC1(C=N[S@](=O)C(C)(C)C)CC2.CN1C(=O)C2CCC1(C=O)CC2.CN1C(=O)C2CCC1([C@H](N[S@](=O)C(C)(C)C)c1ccccc1)CC2.CN1CC2CCC1([C@H](N)c1ccccc1)CC2.CN1CC2CCC1([C@H](N[S@](=O)C(C)(C)C)c1ccccc1)CC2. The molecule has 3 amide bonds. The Kier molecular flexibility index (Phi) is 23.3. The number of hydrogen-bond donors (Lipinski definition) is 3. The van der Waals surface area contributed by atoms with Crippen LogP contribution < -0.4 is 15.2 Å². The molecular formula is C75H115N9O7S3. The standard InChI is InChI=1S/C19H28N2O2S.C19H30N2OS.C15H22N2.C13H22N2O2S.C9H13NO2/c1-18(2,3)24(23)20-16(14-8-6-5-7-9-14)19-12-10-15(11-13-19)17(22)21(19)4;1-18(2,3)23(22)20-17(16-8-6-5-7-9-16)19-12-10-15(11-13-19)14-21(19)4;1-17-11-12-7-9-15(17,10-8-12)14(16)13-5-3-2-4-6-13;1-12(2,3)18(17)14-9-13-7-5-10(6-8-13)11(16)15(13)4;1-10-8(12)7-2-4-9(10,6-11)5-3-7/h5-9,15-16,20H,10-13H2,1-4H3;5-9,15,17,20H,10-14H2,1-4H3;2-6,12,14H,7-11,16H2,1H3;9-10H,5-8H2,1-4H3;6-7H,2-5H2,1H3/t15?,16-,19?,24-;15?,17-,19?,23-;12?,14-,15?;10?,13?,18-;/m1111./s1. The predicted molar refractivity (Wildman–Crippen MR) is 383 cm³/mol. The number of nitrogens with one attached hydrogen (secondary N) is 2. The number of carbonyl (C=O) groups is 4. The van der Waals surface area contributed by atoms with Crippen LogP contribution in [0.5, 0.6) is 0 Å². The summed E-state index contributed by atoms with van der Waals surface area (Å²) in [6.45, 7) is 20.2. The third-order valence-corrected chi connectivity index (χ3v) is 28.4. The van der Waals surface area contributed by atoms with Crippen LogP contribution in [-0.2, 0) is 52.1 Å². The number of piperidine rings is 10. The third kappa shape index (κ3) is 15.4. The maximum atomic E-state index is 12.9. The molecule has 0 spiro atoms. The van der Waals surface area contributed by atoms with Crippen molar-refractivity contribution in [3.63, 3.8) is 0 Å². The summed E-state index contributed by atoms with van der Waals surface area (Å²) in [5.74, 6) is 3.00. The highest BCUT2D eigenvalue weighted by atomic mass is 32.2. The molecule has 10 heterocycles. The summed E-state index contributed by atoms with van der Waals surface area (Å²) in [5.41, 5.74) is 9.55. The monoisotopic (exact) mass is 1350 g/mol. The molecule has 0 aromatic heterocycles. The van der Waals surface area contributed by atoms with E-state index in [9.17, 15) is 31.8 Å².